The summed E-state index contributed by atoms with van der Waals surface area (Å²) in [5, 5.41) is 7.89. The van der Waals surface area contributed by atoms with Gasteiger partial charge in [0.05, 0.1) is 12.6 Å². The van der Waals surface area contributed by atoms with Crippen LogP contribution in [0.25, 0.3) is 0 Å². The van der Waals surface area contributed by atoms with Gasteiger partial charge in [0.25, 0.3) is 10.0 Å². The van der Waals surface area contributed by atoms with E-state index >= 15 is 0 Å². The van der Waals surface area contributed by atoms with E-state index in [1.54, 1.807) is 6.07 Å². The molecular formula is C10H16N2O4S. The minimum Gasteiger partial charge on any atom is -0.447 e. The molecule has 0 bridgehead atoms. The first kappa shape index (κ1) is 12.6. The molecule has 2 heterocycles. The highest BCUT2D eigenvalue weighted by molar-refractivity contribution is 7.89. The molecule has 17 heavy (non-hydrogen) atoms. The Labute approximate surface area is 100 Å². The molecule has 1 aliphatic rings. The number of nitrogens with one attached hydrogen (secondary N) is 1. The molecule has 1 unspecified atom stereocenters. The molecule has 6 nitrogen and oxygen atoms in total. The summed E-state index contributed by atoms with van der Waals surface area (Å²) in [6, 6.07) is 2.96. The van der Waals surface area contributed by atoms with Crippen molar-refractivity contribution < 1.29 is 17.6 Å². The van der Waals surface area contributed by atoms with E-state index in [4.69, 9.17) is 14.3 Å². The van der Waals surface area contributed by atoms with Crippen molar-refractivity contribution in [2.24, 2.45) is 5.14 Å². The van der Waals surface area contributed by atoms with Crippen LogP contribution in [0.15, 0.2) is 21.6 Å². The highest BCUT2D eigenvalue weighted by Crippen LogP contribution is 2.13. The Morgan fingerprint density at radius 1 is 1.47 bits per heavy atom. The lowest BCUT2D eigenvalue weighted by Gasteiger charge is -2.09. The topological polar surface area (TPSA) is 94.6 Å². The Hall–Kier alpha value is -0.890. The van der Waals surface area contributed by atoms with Gasteiger partial charge in [0, 0.05) is 13.2 Å². The molecule has 1 saturated heterocycles. The molecule has 3 N–H and O–H groups in total. The third-order valence-corrected chi connectivity index (χ3v) is 3.39. The van der Waals surface area contributed by atoms with Gasteiger partial charge in [-0.05, 0) is 25.0 Å². The molecule has 0 saturated carbocycles. The number of furan rings is 1. The molecule has 1 fully saturated rings. The van der Waals surface area contributed by atoms with Gasteiger partial charge < -0.3 is 14.5 Å². The first-order valence-electron chi connectivity index (χ1n) is 5.49. The molecular weight excluding hydrogens is 244 g/mol. The molecule has 0 aliphatic carbocycles. The highest BCUT2D eigenvalue weighted by Gasteiger charge is 2.16. The fourth-order valence-corrected chi connectivity index (χ4v) is 2.25. The third-order valence-electron chi connectivity index (χ3n) is 2.61. The summed E-state index contributed by atoms with van der Waals surface area (Å²) in [7, 11) is -3.74. The van der Waals surface area contributed by atoms with E-state index in [1.165, 1.54) is 6.07 Å². The smallest absolute Gasteiger partial charge is 0.271 e. The lowest BCUT2D eigenvalue weighted by atomic mass is 10.2. The SMILES string of the molecule is NS(=O)(=O)c1ccc(CNCC2CCCO2)o1. The predicted molar refractivity (Wildman–Crippen MR) is 60.8 cm³/mol. The van der Waals surface area contributed by atoms with Gasteiger partial charge in [-0.1, -0.05) is 0 Å². The molecule has 0 aromatic carbocycles. The average Bonchev–Trinajstić information content (AvgIpc) is 2.86. The summed E-state index contributed by atoms with van der Waals surface area (Å²) in [6.45, 7) is 2.03. The maximum absolute atomic E-state index is 11.0. The molecule has 1 aromatic rings. The van der Waals surface area contributed by atoms with Crippen LogP contribution in [0.4, 0.5) is 0 Å². The molecule has 0 radical (unpaired) electrons. The molecule has 7 heteroatoms. The van der Waals surface area contributed by atoms with Crippen molar-refractivity contribution in [1.29, 1.82) is 0 Å². The van der Waals surface area contributed by atoms with Crippen LogP contribution in [-0.2, 0) is 21.3 Å². The largest absolute Gasteiger partial charge is 0.447 e. The van der Waals surface area contributed by atoms with Gasteiger partial charge in [-0.3, -0.25) is 0 Å². The van der Waals surface area contributed by atoms with E-state index in [0.29, 0.717) is 12.3 Å². The maximum Gasteiger partial charge on any atom is 0.271 e. The number of nitrogens with two attached hydrogens (primary N) is 1. The summed E-state index contributed by atoms with van der Waals surface area (Å²) in [4.78, 5) is 0. The second-order valence-electron chi connectivity index (χ2n) is 4.03. The summed E-state index contributed by atoms with van der Waals surface area (Å²) in [5.74, 6) is 0.548. The van der Waals surface area contributed by atoms with E-state index in [1.807, 2.05) is 0 Å². The summed E-state index contributed by atoms with van der Waals surface area (Å²) >= 11 is 0. The van der Waals surface area contributed by atoms with Crippen LogP contribution in [-0.4, -0.2) is 27.7 Å². The van der Waals surface area contributed by atoms with Gasteiger partial charge in [-0.15, -0.1) is 0 Å². The average molecular weight is 260 g/mol. The van der Waals surface area contributed by atoms with Crippen LogP contribution in [0.3, 0.4) is 0 Å². The minimum absolute atomic E-state index is 0.202. The van der Waals surface area contributed by atoms with Crippen molar-refractivity contribution in [2.75, 3.05) is 13.2 Å². The summed E-state index contributed by atoms with van der Waals surface area (Å²) in [5.41, 5.74) is 0. The Bertz CT molecular complexity index is 462. The first-order valence-corrected chi connectivity index (χ1v) is 7.04. The molecule has 2 rings (SSSR count). The van der Waals surface area contributed by atoms with Crippen LogP contribution in [0, 0.1) is 0 Å². The van der Waals surface area contributed by atoms with Crippen molar-refractivity contribution in [1.82, 2.24) is 5.32 Å². The van der Waals surface area contributed by atoms with Crippen LogP contribution < -0.4 is 10.5 Å². The van der Waals surface area contributed by atoms with Crippen molar-refractivity contribution in [3.8, 4) is 0 Å². The second kappa shape index (κ2) is 5.18. The van der Waals surface area contributed by atoms with Gasteiger partial charge in [0.2, 0.25) is 5.09 Å². The van der Waals surface area contributed by atoms with Gasteiger partial charge in [-0.2, -0.15) is 0 Å². The summed E-state index contributed by atoms with van der Waals surface area (Å²) in [6.07, 6.45) is 2.42. The minimum atomic E-state index is -3.74. The Morgan fingerprint density at radius 2 is 2.29 bits per heavy atom. The number of sulfonamides is 1. The van der Waals surface area contributed by atoms with E-state index in [0.717, 1.165) is 26.0 Å². The fraction of sp³-hybridized carbons (Fsp3) is 0.600. The maximum atomic E-state index is 11.0. The monoisotopic (exact) mass is 260 g/mol. The highest BCUT2D eigenvalue weighted by atomic mass is 32.2. The summed E-state index contributed by atoms with van der Waals surface area (Å²) < 4.78 is 32.5. The third kappa shape index (κ3) is 3.53. The van der Waals surface area contributed by atoms with Gasteiger partial charge in [-0.25, -0.2) is 13.6 Å². The number of ether oxygens (including phenoxy) is 1. The van der Waals surface area contributed by atoms with E-state index in [9.17, 15) is 8.42 Å². The molecule has 1 aliphatic heterocycles. The molecule has 0 amide bonds. The zero-order valence-electron chi connectivity index (χ0n) is 9.39. The number of hydrogen-bond acceptors (Lipinski definition) is 5. The lowest BCUT2D eigenvalue weighted by molar-refractivity contribution is 0.109. The number of rotatable bonds is 5. The van der Waals surface area contributed by atoms with Crippen LogP contribution >= 0.6 is 0 Å². The normalized spacial score (nSPS) is 20.9. The van der Waals surface area contributed by atoms with Gasteiger partial charge in [0.1, 0.15) is 5.76 Å². The van der Waals surface area contributed by atoms with Crippen molar-refractivity contribution >= 4 is 10.0 Å². The van der Waals surface area contributed by atoms with E-state index in [2.05, 4.69) is 5.32 Å². The Kier molecular flexibility index (Phi) is 3.82. The quantitative estimate of drug-likeness (QED) is 0.788. The standard InChI is InChI=1S/C10H16N2O4S/c11-17(13,14)10-4-3-9(16-10)7-12-6-8-2-1-5-15-8/h3-4,8,12H,1-2,5-7H2,(H2,11,13,14). The van der Waals surface area contributed by atoms with Crippen molar-refractivity contribution in [3.63, 3.8) is 0 Å². The van der Waals surface area contributed by atoms with Crippen molar-refractivity contribution in [2.45, 2.75) is 30.6 Å². The van der Waals surface area contributed by atoms with Gasteiger partial charge >= 0.3 is 0 Å². The van der Waals surface area contributed by atoms with Crippen LogP contribution in [0.1, 0.15) is 18.6 Å². The number of hydrogen-bond donors (Lipinski definition) is 2. The zero-order valence-corrected chi connectivity index (χ0v) is 10.2. The Balaban J connectivity index is 1.81. The Morgan fingerprint density at radius 3 is 2.88 bits per heavy atom. The number of primary sulfonamides is 1. The van der Waals surface area contributed by atoms with Crippen LogP contribution in [0.2, 0.25) is 0 Å². The molecule has 0 spiro atoms. The molecule has 1 aromatic heterocycles. The van der Waals surface area contributed by atoms with Gasteiger partial charge in [0.15, 0.2) is 0 Å². The van der Waals surface area contributed by atoms with Crippen LogP contribution in [0.5, 0.6) is 0 Å². The fourth-order valence-electron chi connectivity index (χ4n) is 1.77. The molecule has 1 atom stereocenters. The lowest BCUT2D eigenvalue weighted by Crippen LogP contribution is -2.25. The molecule has 96 valence electrons. The zero-order chi connectivity index (χ0) is 12.3. The van der Waals surface area contributed by atoms with E-state index < -0.39 is 10.0 Å². The van der Waals surface area contributed by atoms with E-state index in [-0.39, 0.29) is 11.2 Å². The first-order chi connectivity index (χ1) is 8.05. The second-order valence-corrected chi connectivity index (χ2v) is 5.52. The van der Waals surface area contributed by atoms with Crippen molar-refractivity contribution in [3.05, 3.63) is 17.9 Å². The predicted octanol–water partition coefficient (Wildman–Crippen LogP) is 0.196.